The molecular weight excluding hydrogens is 198 g/mol. The summed E-state index contributed by atoms with van der Waals surface area (Å²) in [6.07, 6.45) is 5.65. The number of aryl methyl sites for hydroxylation is 3. The molecule has 3 nitrogen and oxygen atoms in total. The van der Waals surface area contributed by atoms with E-state index in [0.29, 0.717) is 5.56 Å². The fraction of sp³-hybridized carbons (Fsp3) is 0.231. The summed E-state index contributed by atoms with van der Waals surface area (Å²) in [6.45, 7) is 0. The van der Waals surface area contributed by atoms with E-state index in [-0.39, 0.29) is 0 Å². The maximum atomic E-state index is 8.68. The summed E-state index contributed by atoms with van der Waals surface area (Å²) in [5.41, 5.74) is 1.95. The number of nitrogens with zero attached hydrogens (tertiary/aromatic N) is 3. The number of hydrogen-bond acceptors (Lipinski definition) is 2. The molecule has 0 aliphatic heterocycles. The van der Waals surface area contributed by atoms with Gasteiger partial charge in [-0.25, -0.2) is 4.98 Å². The van der Waals surface area contributed by atoms with Crippen LogP contribution < -0.4 is 0 Å². The van der Waals surface area contributed by atoms with Gasteiger partial charge in [0.15, 0.2) is 0 Å². The number of nitriles is 1. The fourth-order valence-corrected chi connectivity index (χ4v) is 1.64. The van der Waals surface area contributed by atoms with Crippen LogP contribution in [-0.4, -0.2) is 9.55 Å². The first-order valence-corrected chi connectivity index (χ1v) is 5.25. The molecule has 1 heterocycles. The Balaban J connectivity index is 2.00. The molecule has 3 heteroatoms. The lowest BCUT2D eigenvalue weighted by atomic mass is 10.1. The van der Waals surface area contributed by atoms with Crippen LogP contribution in [0.3, 0.4) is 0 Å². The molecular formula is C13H13N3. The minimum Gasteiger partial charge on any atom is -0.338 e. The maximum Gasteiger partial charge on any atom is 0.108 e. The van der Waals surface area contributed by atoms with Crippen molar-refractivity contribution in [2.75, 3.05) is 0 Å². The highest BCUT2D eigenvalue weighted by atomic mass is 15.0. The molecule has 0 aliphatic carbocycles. The normalized spacial score (nSPS) is 10.0. The Labute approximate surface area is 95.0 Å². The van der Waals surface area contributed by atoms with E-state index in [9.17, 15) is 0 Å². The molecule has 0 aliphatic rings. The molecule has 0 radical (unpaired) electrons. The van der Waals surface area contributed by atoms with Gasteiger partial charge in [-0.1, -0.05) is 12.1 Å². The topological polar surface area (TPSA) is 41.6 Å². The second-order valence-electron chi connectivity index (χ2n) is 3.76. The molecule has 0 spiro atoms. The Bertz CT molecular complexity index is 503. The smallest absolute Gasteiger partial charge is 0.108 e. The molecule has 0 atom stereocenters. The van der Waals surface area contributed by atoms with E-state index in [0.717, 1.165) is 18.7 Å². The average Bonchev–Trinajstić information content (AvgIpc) is 2.73. The van der Waals surface area contributed by atoms with Gasteiger partial charge in [0.25, 0.3) is 0 Å². The molecule has 16 heavy (non-hydrogen) atoms. The van der Waals surface area contributed by atoms with Crippen molar-refractivity contribution in [1.82, 2.24) is 9.55 Å². The number of imidazole rings is 1. The van der Waals surface area contributed by atoms with Gasteiger partial charge in [0, 0.05) is 25.9 Å². The Kier molecular flexibility index (Phi) is 3.02. The van der Waals surface area contributed by atoms with Crippen LogP contribution in [0.25, 0.3) is 0 Å². The predicted octanol–water partition coefficient (Wildman–Crippen LogP) is 2.08. The third-order valence-corrected chi connectivity index (χ3v) is 2.64. The number of rotatable bonds is 3. The van der Waals surface area contributed by atoms with Gasteiger partial charge in [-0.3, -0.25) is 0 Å². The van der Waals surface area contributed by atoms with Crippen molar-refractivity contribution in [3.8, 4) is 6.07 Å². The highest BCUT2D eigenvalue weighted by Crippen LogP contribution is 2.07. The van der Waals surface area contributed by atoms with Gasteiger partial charge >= 0.3 is 0 Å². The molecule has 2 aromatic rings. The van der Waals surface area contributed by atoms with Crippen LogP contribution in [-0.2, 0) is 19.9 Å². The standard InChI is InChI=1S/C13H13N3/c1-16-9-8-15-13(16)7-6-11-2-4-12(10-14)5-3-11/h2-5,8-9H,6-7H2,1H3. The minimum absolute atomic E-state index is 0.709. The lowest BCUT2D eigenvalue weighted by Gasteiger charge is -2.02. The van der Waals surface area contributed by atoms with E-state index in [4.69, 9.17) is 5.26 Å². The molecule has 1 aromatic heterocycles. The lowest BCUT2D eigenvalue weighted by Crippen LogP contribution is -1.99. The molecule has 2 rings (SSSR count). The monoisotopic (exact) mass is 211 g/mol. The first-order valence-electron chi connectivity index (χ1n) is 5.25. The van der Waals surface area contributed by atoms with E-state index < -0.39 is 0 Å². The second-order valence-corrected chi connectivity index (χ2v) is 3.76. The molecule has 1 aromatic carbocycles. The molecule has 0 saturated heterocycles. The third-order valence-electron chi connectivity index (χ3n) is 2.64. The Hall–Kier alpha value is -2.08. The molecule has 0 fully saturated rings. The largest absolute Gasteiger partial charge is 0.338 e. The van der Waals surface area contributed by atoms with Crippen molar-refractivity contribution >= 4 is 0 Å². The summed E-state index contributed by atoms with van der Waals surface area (Å²) in [6, 6.07) is 9.83. The van der Waals surface area contributed by atoms with Gasteiger partial charge < -0.3 is 4.57 Å². The van der Waals surface area contributed by atoms with Crippen LogP contribution in [0.5, 0.6) is 0 Å². The number of benzene rings is 1. The van der Waals surface area contributed by atoms with Gasteiger partial charge in [0.2, 0.25) is 0 Å². The van der Waals surface area contributed by atoms with Crippen molar-refractivity contribution in [1.29, 1.82) is 5.26 Å². The summed E-state index contributed by atoms with van der Waals surface area (Å²) in [5.74, 6) is 1.09. The van der Waals surface area contributed by atoms with Crippen LogP contribution in [0.4, 0.5) is 0 Å². The van der Waals surface area contributed by atoms with Crippen molar-refractivity contribution < 1.29 is 0 Å². The molecule has 0 N–H and O–H groups in total. The minimum atomic E-state index is 0.709. The average molecular weight is 211 g/mol. The van der Waals surface area contributed by atoms with E-state index in [1.54, 1.807) is 0 Å². The zero-order valence-electron chi connectivity index (χ0n) is 9.22. The van der Waals surface area contributed by atoms with Crippen molar-refractivity contribution in [2.45, 2.75) is 12.8 Å². The van der Waals surface area contributed by atoms with Crippen LogP contribution in [0, 0.1) is 11.3 Å². The third kappa shape index (κ3) is 2.29. The SMILES string of the molecule is Cn1ccnc1CCc1ccc(C#N)cc1. The molecule has 0 unspecified atom stereocenters. The van der Waals surface area contributed by atoms with Gasteiger partial charge in [-0.05, 0) is 24.1 Å². The Morgan fingerprint density at radius 1 is 1.25 bits per heavy atom. The van der Waals surface area contributed by atoms with Gasteiger partial charge in [-0.2, -0.15) is 5.26 Å². The summed E-state index contributed by atoms with van der Waals surface area (Å²) >= 11 is 0. The highest BCUT2D eigenvalue weighted by Gasteiger charge is 2.00. The summed E-state index contributed by atoms with van der Waals surface area (Å²) < 4.78 is 2.03. The van der Waals surface area contributed by atoms with E-state index >= 15 is 0 Å². The van der Waals surface area contributed by atoms with Gasteiger partial charge in [0.1, 0.15) is 5.82 Å². The first-order chi connectivity index (χ1) is 7.79. The Morgan fingerprint density at radius 2 is 2.00 bits per heavy atom. The zero-order valence-corrected chi connectivity index (χ0v) is 9.22. The summed E-state index contributed by atoms with van der Waals surface area (Å²) in [4.78, 5) is 4.28. The molecule has 0 bridgehead atoms. The van der Waals surface area contributed by atoms with E-state index in [2.05, 4.69) is 11.1 Å². The van der Waals surface area contributed by atoms with Gasteiger partial charge in [-0.15, -0.1) is 0 Å². The maximum absolute atomic E-state index is 8.68. The van der Waals surface area contributed by atoms with Gasteiger partial charge in [0.05, 0.1) is 11.6 Å². The number of hydrogen-bond donors (Lipinski definition) is 0. The zero-order chi connectivity index (χ0) is 11.4. The van der Waals surface area contributed by atoms with E-state index in [1.165, 1.54) is 5.56 Å². The van der Waals surface area contributed by atoms with E-state index in [1.807, 2.05) is 48.3 Å². The summed E-state index contributed by atoms with van der Waals surface area (Å²) in [5, 5.41) is 8.68. The fourth-order valence-electron chi connectivity index (χ4n) is 1.64. The van der Waals surface area contributed by atoms with Crippen LogP contribution >= 0.6 is 0 Å². The molecule has 0 saturated carbocycles. The summed E-state index contributed by atoms with van der Waals surface area (Å²) in [7, 11) is 2.00. The highest BCUT2D eigenvalue weighted by molar-refractivity contribution is 5.31. The van der Waals surface area contributed by atoms with Crippen molar-refractivity contribution in [3.05, 3.63) is 53.6 Å². The van der Waals surface area contributed by atoms with Crippen LogP contribution in [0.15, 0.2) is 36.7 Å². The predicted molar refractivity (Wildman–Crippen MR) is 61.8 cm³/mol. The Morgan fingerprint density at radius 3 is 2.56 bits per heavy atom. The quantitative estimate of drug-likeness (QED) is 0.780. The second kappa shape index (κ2) is 4.63. The van der Waals surface area contributed by atoms with Crippen LogP contribution in [0.2, 0.25) is 0 Å². The molecule has 0 amide bonds. The van der Waals surface area contributed by atoms with Crippen molar-refractivity contribution in [3.63, 3.8) is 0 Å². The van der Waals surface area contributed by atoms with Crippen molar-refractivity contribution in [2.24, 2.45) is 7.05 Å². The molecule has 80 valence electrons. The first kappa shape index (κ1) is 10.4. The number of aromatic nitrogens is 2. The van der Waals surface area contributed by atoms with Crippen LogP contribution in [0.1, 0.15) is 17.0 Å². The lowest BCUT2D eigenvalue weighted by molar-refractivity contribution is 0.771.